The lowest BCUT2D eigenvalue weighted by molar-refractivity contribution is -0.163. The molecule has 290 valence electrons. The zero-order valence-corrected chi connectivity index (χ0v) is 31.5. The fourth-order valence-corrected chi connectivity index (χ4v) is 6.63. The van der Waals surface area contributed by atoms with Crippen LogP contribution in [0, 0.1) is 25.2 Å². The van der Waals surface area contributed by atoms with E-state index in [2.05, 4.69) is 21.3 Å². The number of hydrogen-bond acceptors (Lipinski definition) is 11. The van der Waals surface area contributed by atoms with Gasteiger partial charge >= 0.3 is 11.9 Å². The molecule has 5 rings (SSSR count). The average Bonchev–Trinajstić information content (AvgIpc) is 3.17. The van der Waals surface area contributed by atoms with Gasteiger partial charge in [0.1, 0.15) is 42.6 Å². The third-order valence-corrected chi connectivity index (χ3v) is 10.1. The molecule has 0 aliphatic carbocycles. The number of aliphatic hydroxyl groups excluding tert-OH is 1. The van der Waals surface area contributed by atoms with Crippen LogP contribution in [-0.2, 0) is 29.3 Å². The minimum Gasteiger partial charge on any atom is -0.493 e. The first kappa shape index (κ1) is 40.9. The van der Waals surface area contributed by atoms with Gasteiger partial charge in [0.15, 0.2) is 5.60 Å². The summed E-state index contributed by atoms with van der Waals surface area (Å²) in [6.07, 6.45) is 4.21. The van der Waals surface area contributed by atoms with E-state index in [1.165, 1.54) is 6.20 Å². The molecule has 0 spiro atoms. The highest BCUT2D eigenvalue weighted by molar-refractivity contribution is 6.32. The zero-order valence-electron chi connectivity index (χ0n) is 30.8. The Kier molecular flexibility index (Phi) is 14.1. The largest absolute Gasteiger partial charge is 0.493 e. The van der Waals surface area contributed by atoms with Gasteiger partial charge in [-0.05, 0) is 79.1 Å². The van der Waals surface area contributed by atoms with Crippen LogP contribution in [0.4, 0.5) is 0 Å². The van der Waals surface area contributed by atoms with Gasteiger partial charge in [-0.2, -0.15) is 5.26 Å². The van der Waals surface area contributed by atoms with Crippen LogP contribution in [0.1, 0.15) is 52.6 Å². The Morgan fingerprint density at radius 3 is 2.35 bits per heavy atom. The van der Waals surface area contributed by atoms with E-state index in [9.17, 15) is 35.3 Å². The summed E-state index contributed by atoms with van der Waals surface area (Å²) in [5.41, 5.74) is 4.91. The van der Waals surface area contributed by atoms with Crippen molar-refractivity contribution in [3.05, 3.63) is 105 Å². The van der Waals surface area contributed by atoms with Gasteiger partial charge in [0, 0.05) is 55.8 Å². The van der Waals surface area contributed by atoms with Crippen molar-refractivity contribution in [2.45, 2.75) is 64.5 Å². The third-order valence-electron chi connectivity index (χ3n) is 9.81. The quantitative estimate of drug-likeness (QED) is 0.0823. The first-order valence-corrected chi connectivity index (χ1v) is 18.3. The second kappa shape index (κ2) is 18.9. The number of aliphatic hydroxyl groups is 2. The molecule has 5 N–H and O–H groups in total. The predicted octanol–water partition coefficient (Wildman–Crippen LogP) is 5.26. The van der Waals surface area contributed by atoms with Crippen LogP contribution in [-0.4, -0.2) is 86.7 Å². The fraction of sp³-hybridized carbons (Fsp3) is 0.366. The molecule has 1 saturated heterocycles. The molecule has 13 nitrogen and oxygen atoms in total. The van der Waals surface area contributed by atoms with Crippen LogP contribution in [0.15, 0.2) is 67.0 Å². The second-order valence-corrected chi connectivity index (χ2v) is 13.9. The SMILES string of the molecule is Cc1c(COc2cc(OCc3cncc(C#N)c3)c(CN[C@H](CO)C(=O)O)cc2Cl)cccc1-c1cccc(OCCCN2CCC(O)(C(=O)O)CC2)c1C. The van der Waals surface area contributed by atoms with Crippen molar-refractivity contribution < 1.29 is 44.2 Å². The maximum atomic E-state index is 11.5. The number of aromatic nitrogens is 1. The standard InChI is InChI=1S/C41H45ClN4O9/c1-26-30(6-3-7-32(26)33-8-4-9-36(27(33)2)53-15-5-12-46-13-10-41(52,11-14-46)40(50)51)25-55-38-18-37(54-24-29-16-28(19-43)20-44-21-29)31(17-34(38)42)22-45-35(23-47)39(48)49/h3-4,6-9,16-18,20-21,35,45,47,52H,5,10-15,22-25H2,1-2H3,(H,48,49)(H,50,51)/t35-/m1/s1. The molecule has 14 heteroatoms. The van der Waals surface area contributed by atoms with Gasteiger partial charge < -0.3 is 39.5 Å². The maximum absolute atomic E-state index is 11.5. The summed E-state index contributed by atoms with van der Waals surface area (Å²) >= 11 is 6.69. The second-order valence-electron chi connectivity index (χ2n) is 13.5. The van der Waals surface area contributed by atoms with E-state index in [0.29, 0.717) is 47.9 Å². The summed E-state index contributed by atoms with van der Waals surface area (Å²) < 4.78 is 18.6. The summed E-state index contributed by atoms with van der Waals surface area (Å²) in [5, 5.41) is 50.7. The average molecular weight is 773 g/mol. The molecule has 1 aliphatic rings. The highest BCUT2D eigenvalue weighted by atomic mass is 35.5. The Hall–Kier alpha value is -5.23. The normalized spacial score (nSPS) is 14.5. The number of nitriles is 1. The number of aliphatic carboxylic acids is 2. The first-order valence-electron chi connectivity index (χ1n) is 17.9. The molecule has 55 heavy (non-hydrogen) atoms. The van der Waals surface area contributed by atoms with Crippen LogP contribution < -0.4 is 19.5 Å². The highest BCUT2D eigenvalue weighted by Gasteiger charge is 2.39. The van der Waals surface area contributed by atoms with E-state index in [0.717, 1.165) is 46.5 Å². The molecule has 0 unspecified atom stereocenters. The molecule has 0 saturated carbocycles. The lowest BCUT2D eigenvalue weighted by atomic mass is 9.91. The number of piperidine rings is 1. The minimum absolute atomic E-state index is 0.0326. The molecule has 2 heterocycles. The number of benzene rings is 3. The Morgan fingerprint density at radius 2 is 1.65 bits per heavy atom. The first-order chi connectivity index (χ1) is 26.4. The zero-order chi connectivity index (χ0) is 39.5. The molecule has 1 fully saturated rings. The molecule has 3 aromatic carbocycles. The number of rotatable bonds is 18. The number of nitrogens with one attached hydrogen (secondary N) is 1. The fourth-order valence-electron chi connectivity index (χ4n) is 6.39. The molecular formula is C41H45ClN4O9. The van der Waals surface area contributed by atoms with Crippen LogP contribution in [0.2, 0.25) is 5.02 Å². The summed E-state index contributed by atoms with van der Waals surface area (Å²) in [7, 11) is 0. The topological polar surface area (TPSA) is 195 Å². The van der Waals surface area contributed by atoms with Crippen LogP contribution in [0.5, 0.6) is 17.2 Å². The molecule has 0 bridgehead atoms. The number of halogens is 1. The Balaban J connectivity index is 1.27. The van der Waals surface area contributed by atoms with E-state index < -0.39 is 30.2 Å². The molecular weight excluding hydrogens is 728 g/mol. The Bertz CT molecular complexity index is 2030. The summed E-state index contributed by atoms with van der Waals surface area (Å²) in [6.45, 7) is 6.02. The number of carbonyl (C=O) groups is 2. The van der Waals surface area contributed by atoms with Crippen molar-refractivity contribution in [3.8, 4) is 34.4 Å². The maximum Gasteiger partial charge on any atom is 0.335 e. The molecule has 4 aromatic rings. The van der Waals surface area contributed by atoms with Crippen molar-refractivity contribution in [2.24, 2.45) is 0 Å². The van der Waals surface area contributed by atoms with Crippen molar-refractivity contribution in [1.29, 1.82) is 5.26 Å². The van der Waals surface area contributed by atoms with Gasteiger partial charge in [-0.25, -0.2) is 4.79 Å². The summed E-state index contributed by atoms with van der Waals surface area (Å²) in [5.74, 6) is -0.869. The number of carboxylic acid groups (broad SMARTS) is 2. The van der Waals surface area contributed by atoms with Gasteiger partial charge in [0.05, 0.1) is 23.8 Å². The van der Waals surface area contributed by atoms with E-state index >= 15 is 0 Å². The molecule has 0 amide bonds. The molecule has 1 aromatic heterocycles. The lowest BCUT2D eigenvalue weighted by Crippen LogP contribution is -2.49. The number of ether oxygens (including phenoxy) is 3. The Labute approximate surface area is 324 Å². The lowest BCUT2D eigenvalue weighted by Gasteiger charge is -2.35. The predicted molar refractivity (Wildman–Crippen MR) is 204 cm³/mol. The van der Waals surface area contributed by atoms with Crippen LogP contribution >= 0.6 is 11.6 Å². The van der Waals surface area contributed by atoms with Crippen molar-refractivity contribution >= 4 is 23.5 Å². The van der Waals surface area contributed by atoms with E-state index in [1.54, 1.807) is 24.4 Å². The highest BCUT2D eigenvalue weighted by Crippen LogP contribution is 2.36. The van der Waals surface area contributed by atoms with E-state index in [-0.39, 0.29) is 37.6 Å². The van der Waals surface area contributed by atoms with Crippen molar-refractivity contribution in [2.75, 3.05) is 32.8 Å². The van der Waals surface area contributed by atoms with Gasteiger partial charge in [0.25, 0.3) is 0 Å². The number of carboxylic acids is 2. The van der Waals surface area contributed by atoms with E-state index in [4.69, 9.17) is 25.8 Å². The van der Waals surface area contributed by atoms with Gasteiger partial charge in [-0.3, -0.25) is 15.1 Å². The smallest absolute Gasteiger partial charge is 0.335 e. The van der Waals surface area contributed by atoms with Gasteiger partial charge in [0.2, 0.25) is 0 Å². The number of hydrogen-bond donors (Lipinski definition) is 5. The molecule has 1 atom stereocenters. The van der Waals surface area contributed by atoms with Crippen LogP contribution in [0.25, 0.3) is 11.1 Å². The number of likely N-dealkylation sites (tertiary alicyclic amines) is 1. The van der Waals surface area contributed by atoms with Crippen molar-refractivity contribution in [1.82, 2.24) is 15.2 Å². The molecule has 0 radical (unpaired) electrons. The van der Waals surface area contributed by atoms with Gasteiger partial charge in [-0.1, -0.05) is 41.9 Å². The van der Waals surface area contributed by atoms with E-state index in [1.807, 2.05) is 50.2 Å². The monoisotopic (exact) mass is 772 g/mol. The Morgan fingerprint density at radius 1 is 0.945 bits per heavy atom. The minimum atomic E-state index is -1.63. The number of pyridine rings is 1. The van der Waals surface area contributed by atoms with Crippen molar-refractivity contribution in [3.63, 3.8) is 0 Å². The number of nitrogens with zero attached hydrogens (tertiary/aromatic N) is 3. The van der Waals surface area contributed by atoms with Gasteiger partial charge in [-0.15, -0.1) is 0 Å². The summed E-state index contributed by atoms with van der Waals surface area (Å²) in [6, 6.07) is 17.7. The summed E-state index contributed by atoms with van der Waals surface area (Å²) in [4.78, 5) is 29.1. The third kappa shape index (κ3) is 10.5. The van der Waals surface area contributed by atoms with Crippen LogP contribution in [0.3, 0.4) is 0 Å². The molecule has 1 aliphatic heterocycles.